The Bertz CT molecular complexity index is 419. The molecule has 18 heavy (non-hydrogen) atoms. The lowest BCUT2D eigenvalue weighted by Gasteiger charge is -2.22. The number of hydrogen-bond acceptors (Lipinski definition) is 2. The number of piperidine rings is 1. The Hall–Kier alpha value is -1.13. The van der Waals surface area contributed by atoms with E-state index in [1.165, 1.54) is 6.07 Å². The summed E-state index contributed by atoms with van der Waals surface area (Å²) in [5.74, 6) is -0.526. The van der Waals surface area contributed by atoms with Crippen LogP contribution in [0.4, 0.5) is 10.1 Å². The van der Waals surface area contributed by atoms with Crippen LogP contribution < -0.4 is 10.6 Å². The average Bonchev–Trinajstić information content (AvgIpc) is 2.34. The van der Waals surface area contributed by atoms with E-state index in [2.05, 4.69) is 10.6 Å². The van der Waals surface area contributed by atoms with Gasteiger partial charge in [0.25, 0.3) is 0 Å². The third-order valence-electron chi connectivity index (χ3n) is 3.01. The predicted molar refractivity (Wildman–Crippen MR) is 72.7 cm³/mol. The number of anilines is 1. The molecule has 0 saturated carbocycles. The van der Waals surface area contributed by atoms with Crippen LogP contribution in [-0.2, 0) is 4.79 Å². The number of carbonyl (C=O) groups is 1. The van der Waals surface area contributed by atoms with Gasteiger partial charge in [-0.05, 0) is 44.0 Å². The van der Waals surface area contributed by atoms with Crippen molar-refractivity contribution in [3.05, 3.63) is 29.6 Å². The van der Waals surface area contributed by atoms with Gasteiger partial charge in [0.2, 0.25) is 5.91 Å². The van der Waals surface area contributed by atoms with E-state index < -0.39 is 0 Å². The fourth-order valence-corrected chi connectivity index (χ4v) is 2.02. The van der Waals surface area contributed by atoms with Crippen LogP contribution in [0.2, 0.25) is 0 Å². The largest absolute Gasteiger partial charge is 0.322 e. The summed E-state index contributed by atoms with van der Waals surface area (Å²) in [7, 11) is 0. The van der Waals surface area contributed by atoms with Crippen molar-refractivity contribution < 1.29 is 9.18 Å². The van der Waals surface area contributed by atoms with Gasteiger partial charge in [0.1, 0.15) is 5.82 Å². The first-order chi connectivity index (χ1) is 8.16. The van der Waals surface area contributed by atoms with Gasteiger partial charge < -0.3 is 10.6 Å². The number of carbonyl (C=O) groups excluding carboxylic acids is 1. The summed E-state index contributed by atoms with van der Waals surface area (Å²) in [6.45, 7) is 2.67. The number of benzene rings is 1. The number of halogens is 2. The maximum absolute atomic E-state index is 13.5. The van der Waals surface area contributed by atoms with E-state index in [-0.39, 0.29) is 35.9 Å². The summed E-state index contributed by atoms with van der Waals surface area (Å²) < 4.78 is 13.5. The van der Waals surface area contributed by atoms with Gasteiger partial charge >= 0.3 is 0 Å². The molecule has 1 aliphatic rings. The second kappa shape index (κ2) is 6.71. The van der Waals surface area contributed by atoms with Crippen molar-refractivity contribution in [3.8, 4) is 0 Å². The molecule has 0 bridgehead atoms. The zero-order valence-electron chi connectivity index (χ0n) is 10.3. The van der Waals surface area contributed by atoms with E-state index >= 15 is 0 Å². The van der Waals surface area contributed by atoms with Crippen LogP contribution in [0.25, 0.3) is 0 Å². The number of amides is 1. The van der Waals surface area contributed by atoms with Crippen LogP contribution in [0.15, 0.2) is 18.2 Å². The van der Waals surface area contributed by atoms with E-state index in [1.807, 2.05) is 6.92 Å². The molecule has 1 saturated heterocycles. The Balaban J connectivity index is 0.00000162. The summed E-state index contributed by atoms with van der Waals surface area (Å²) in [4.78, 5) is 11.9. The van der Waals surface area contributed by atoms with E-state index in [0.29, 0.717) is 0 Å². The van der Waals surface area contributed by atoms with E-state index in [4.69, 9.17) is 0 Å². The van der Waals surface area contributed by atoms with Crippen molar-refractivity contribution in [1.29, 1.82) is 0 Å². The zero-order valence-corrected chi connectivity index (χ0v) is 11.1. The summed E-state index contributed by atoms with van der Waals surface area (Å²) in [6, 6.07) is 4.62. The number of aryl methyl sites for hydroxylation is 1. The summed E-state index contributed by atoms with van der Waals surface area (Å²) in [5, 5.41) is 5.77. The van der Waals surface area contributed by atoms with Crippen LogP contribution in [-0.4, -0.2) is 18.5 Å². The van der Waals surface area contributed by atoms with Crippen molar-refractivity contribution in [3.63, 3.8) is 0 Å². The first-order valence-corrected chi connectivity index (χ1v) is 5.97. The molecule has 1 aromatic carbocycles. The van der Waals surface area contributed by atoms with E-state index in [1.54, 1.807) is 12.1 Å². The molecule has 2 N–H and O–H groups in total. The third-order valence-corrected chi connectivity index (χ3v) is 3.01. The molecule has 1 amide bonds. The molecule has 1 heterocycles. The van der Waals surface area contributed by atoms with E-state index in [0.717, 1.165) is 31.4 Å². The van der Waals surface area contributed by atoms with Crippen LogP contribution in [0, 0.1) is 12.7 Å². The highest BCUT2D eigenvalue weighted by molar-refractivity contribution is 5.95. The van der Waals surface area contributed by atoms with Crippen LogP contribution in [0.1, 0.15) is 24.8 Å². The van der Waals surface area contributed by atoms with E-state index in [9.17, 15) is 9.18 Å². The summed E-state index contributed by atoms with van der Waals surface area (Å²) in [5.41, 5.74) is 1.10. The summed E-state index contributed by atoms with van der Waals surface area (Å²) >= 11 is 0. The van der Waals surface area contributed by atoms with Crippen molar-refractivity contribution >= 4 is 24.0 Å². The topological polar surface area (TPSA) is 41.1 Å². The highest BCUT2D eigenvalue weighted by Crippen LogP contribution is 2.16. The first-order valence-electron chi connectivity index (χ1n) is 5.97. The molecule has 3 nitrogen and oxygen atoms in total. The normalized spacial score (nSPS) is 18.9. The second-order valence-electron chi connectivity index (χ2n) is 4.48. The Morgan fingerprint density at radius 2 is 2.22 bits per heavy atom. The molecule has 0 unspecified atom stereocenters. The molecular formula is C13H18ClFN2O. The highest BCUT2D eigenvalue weighted by Gasteiger charge is 2.21. The molecule has 5 heteroatoms. The molecule has 0 radical (unpaired) electrons. The fourth-order valence-electron chi connectivity index (χ4n) is 2.02. The maximum atomic E-state index is 13.5. The van der Waals surface area contributed by atoms with Gasteiger partial charge in [0.15, 0.2) is 0 Å². The Morgan fingerprint density at radius 1 is 1.44 bits per heavy atom. The molecule has 0 aromatic heterocycles. The molecule has 0 spiro atoms. The van der Waals surface area contributed by atoms with Gasteiger partial charge in [-0.15, -0.1) is 12.4 Å². The van der Waals surface area contributed by atoms with Gasteiger partial charge in [0.05, 0.1) is 11.7 Å². The van der Waals surface area contributed by atoms with Crippen LogP contribution in [0.3, 0.4) is 0 Å². The van der Waals surface area contributed by atoms with Crippen molar-refractivity contribution in [2.45, 2.75) is 32.2 Å². The van der Waals surface area contributed by atoms with Crippen molar-refractivity contribution in [2.75, 3.05) is 11.9 Å². The number of nitrogens with one attached hydrogen (secondary N) is 2. The third kappa shape index (κ3) is 3.68. The SMILES string of the molecule is Cc1ccc(NC(=O)[C@H]2CCCCN2)c(F)c1.Cl. The number of rotatable bonds is 2. The molecule has 1 atom stereocenters. The standard InChI is InChI=1S/C13H17FN2O.ClH/c1-9-5-6-11(10(14)8-9)16-13(17)12-4-2-3-7-15-12;/h5-6,8,12,15H,2-4,7H2,1H3,(H,16,17);1H/t12-;/m1./s1. The lowest BCUT2D eigenvalue weighted by Crippen LogP contribution is -2.43. The lowest BCUT2D eigenvalue weighted by molar-refractivity contribution is -0.118. The Morgan fingerprint density at radius 3 is 2.83 bits per heavy atom. The van der Waals surface area contributed by atoms with Gasteiger partial charge in [-0.3, -0.25) is 4.79 Å². The predicted octanol–water partition coefficient (Wildman–Crippen LogP) is 2.64. The minimum atomic E-state index is -0.380. The van der Waals surface area contributed by atoms with Crippen molar-refractivity contribution in [2.24, 2.45) is 0 Å². The molecule has 1 fully saturated rings. The number of hydrogen-bond donors (Lipinski definition) is 2. The second-order valence-corrected chi connectivity index (χ2v) is 4.48. The minimum Gasteiger partial charge on any atom is -0.322 e. The monoisotopic (exact) mass is 272 g/mol. The minimum absolute atomic E-state index is 0. The van der Waals surface area contributed by atoms with Crippen LogP contribution >= 0.6 is 12.4 Å². The Kier molecular flexibility index (Phi) is 5.56. The van der Waals surface area contributed by atoms with Gasteiger partial charge in [-0.1, -0.05) is 12.5 Å². The highest BCUT2D eigenvalue weighted by atomic mass is 35.5. The lowest BCUT2D eigenvalue weighted by atomic mass is 10.0. The van der Waals surface area contributed by atoms with Gasteiger partial charge in [0, 0.05) is 0 Å². The smallest absolute Gasteiger partial charge is 0.241 e. The molecule has 2 rings (SSSR count). The van der Waals surface area contributed by atoms with Gasteiger partial charge in [-0.2, -0.15) is 0 Å². The first kappa shape index (κ1) is 14.9. The molecular weight excluding hydrogens is 255 g/mol. The fraction of sp³-hybridized carbons (Fsp3) is 0.462. The van der Waals surface area contributed by atoms with Crippen molar-refractivity contribution in [1.82, 2.24) is 5.32 Å². The molecule has 1 aromatic rings. The van der Waals surface area contributed by atoms with Gasteiger partial charge in [-0.25, -0.2) is 4.39 Å². The molecule has 0 aliphatic carbocycles. The van der Waals surface area contributed by atoms with Crippen LogP contribution in [0.5, 0.6) is 0 Å². The zero-order chi connectivity index (χ0) is 12.3. The Labute approximate surface area is 113 Å². The summed E-state index contributed by atoms with van der Waals surface area (Å²) in [6.07, 6.45) is 2.96. The molecule has 1 aliphatic heterocycles. The maximum Gasteiger partial charge on any atom is 0.241 e. The average molecular weight is 273 g/mol. The quantitative estimate of drug-likeness (QED) is 0.869. The molecule has 100 valence electrons.